The van der Waals surface area contributed by atoms with E-state index in [2.05, 4.69) is 10.6 Å². The van der Waals surface area contributed by atoms with Crippen LogP contribution in [0.15, 0.2) is 24.3 Å². The summed E-state index contributed by atoms with van der Waals surface area (Å²) >= 11 is 1.78. The lowest BCUT2D eigenvalue weighted by molar-refractivity contribution is -0.117. The van der Waals surface area contributed by atoms with Gasteiger partial charge in [0.15, 0.2) is 0 Å². The third-order valence-corrected chi connectivity index (χ3v) is 3.93. The number of amides is 1. The van der Waals surface area contributed by atoms with Gasteiger partial charge in [0.05, 0.1) is 6.04 Å². The number of aliphatic hydroxyl groups excluding tert-OH is 1. The molecule has 0 radical (unpaired) electrons. The minimum atomic E-state index is -0.213. The summed E-state index contributed by atoms with van der Waals surface area (Å²) in [7, 11) is 0. The van der Waals surface area contributed by atoms with Crippen molar-refractivity contribution in [3.63, 3.8) is 0 Å². The zero-order valence-corrected chi connectivity index (χ0v) is 13.0. The summed E-state index contributed by atoms with van der Waals surface area (Å²) in [4.78, 5) is 12.0. The summed E-state index contributed by atoms with van der Waals surface area (Å²) in [6.45, 7) is 4.92. The van der Waals surface area contributed by atoms with E-state index in [1.54, 1.807) is 11.8 Å². The van der Waals surface area contributed by atoms with Crippen LogP contribution in [0.4, 0.5) is 5.69 Å². The minimum absolute atomic E-state index is 0.0192. The Hall–Kier alpha value is -1.04. The van der Waals surface area contributed by atoms with Gasteiger partial charge in [0.25, 0.3) is 0 Å². The van der Waals surface area contributed by atoms with Crippen molar-refractivity contribution in [2.45, 2.75) is 26.3 Å². The van der Waals surface area contributed by atoms with Crippen LogP contribution in [0.25, 0.3) is 0 Å². The number of hydrogen-bond donors (Lipinski definition) is 3. The molecule has 0 saturated carbocycles. The monoisotopic (exact) mass is 296 g/mol. The number of nitrogens with one attached hydrogen (secondary N) is 2. The molecule has 3 N–H and O–H groups in total. The third-order valence-electron chi connectivity index (χ3n) is 2.86. The molecule has 4 nitrogen and oxygen atoms in total. The SMILES string of the molecule is Cc1ccc(NC(=O)C(C)NCCSCCCO)cc1. The molecule has 0 aliphatic carbocycles. The molecule has 0 spiro atoms. The summed E-state index contributed by atoms with van der Waals surface area (Å²) in [6, 6.07) is 7.56. The van der Waals surface area contributed by atoms with Crippen molar-refractivity contribution in [3.05, 3.63) is 29.8 Å². The maximum atomic E-state index is 12.0. The molecule has 1 aromatic rings. The predicted molar refractivity (Wildman–Crippen MR) is 86.3 cm³/mol. The molecule has 0 bridgehead atoms. The Morgan fingerprint density at radius 1 is 1.30 bits per heavy atom. The van der Waals surface area contributed by atoms with E-state index in [9.17, 15) is 4.79 Å². The minimum Gasteiger partial charge on any atom is -0.396 e. The molecule has 112 valence electrons. The molecule has 1 aromatic carbocycles. The molecule has 0 heterocycles. The Kier molecular flexibility index (Phi) is 8.34. The smallest absolute Gasteiger partial charge is 0.241 e. The Balaban J connectivity index is 2.20. The summed E-state index contributed by atoms with van der Waals surface area (Å²) in [5.41, 5.74) is 2.00. The molecule has 0 fully saturated rings. The second kappa shape index (κ2) is 9.80. The van der Waals surface area contributed by atoms with Crippen LogP contribution in [0.5, 0.6) is 0 Å². The second-order valence-electron chi connectivity index (χ2n) is 4.72. The van der Waals surface area contributed by atoms with E-state index in [-0.39, 0.29) is 18.6 Å². The molecule has 1 atom stereocenters. The van der Waals surface area contributed by atoms with Crippen molar-refractivity contribution in [1.82, 2.24) is 5.32 Å². The second-order valence-corrected chi connectivity index (χ2v) is 5.95. The lowest BCUT2D eigenvalue weighted by Gasteiger charge is -2.14. The first-order valence-electron chi connectivity index (χ1n) is 6.93. The number of hydrogen-bond acceptors (Lipinski definition) is 4. The van der Waals surface area contributed by atoms with Crippen LogP contribution < -0.4 is 10.6 Å². The van der Waals surface area contributed by atoms with E-state index < -0.39 is 0 Å². The van der Waals surface area contributed by atoms with Gasteiger partial charge in [-0.3, -0.25) is 4.79 Å². The molecule has 1 amide bonds. The number of aliphatic hydroxyl groups is 1. The topological polar surface area (TPSA) is 61.4 Å². The van der Waals surface area contributed by atoms with Crippen LogP contribution >= 0.6 is 11.8 Å². The van der Waals surface area contributed by atoms with E-state index in [1.807, 2.05) is 38.1 Å². The van der Waals surface area contributed by atoms with Gasteiger partial charge < -0.3 is 15.7 Å². The summed E-state index contributed by atoms with van der Waals surface area (Å²) < 4.78 is 0. The first-order valence-corrected chi connectivity index (χ1v) is 8.08. The van der Waals surface area contributed by atoms with Crippen LogP contribution in [-0.2, 0) is 4.79 Å². The van der Waals surface area contributed by atoms with Gasteiger partial charge in [0.1, 0.15) is 0 Å². The Morgan fingerprint density at radius 3 is 2.65 bits per heavy atom. The number of carbonyl (C=O) groups is 1. The number of rotatable bonds is 9. The highest BCUT2D eigenvalue weighted by Gasteiger charge is 2.11. The van der Waals surface area contributed by atoms with Gasteiger partial charge in [-0.15, -0.1) is 0 Å². The Morgan fingerprint density at radius 2 is 2.00 bits per heavy atom. The summed E-state index contributed by atoms with van der Waals surface area (Å²) in [5.74, 6) is 1.89. The standard InChI is InChI=1S/C15H24N2O2S/c1-12-4-6-14(7-5-12)17-15(19)13(2)16-8-11-20-10-3-9-18/h4-7,13,16,18H,3,8-11H2,1-2H3,(H,17,19). The van der Waals surface area contributed by atoms with Crippen LogP contribution in [0, 0.1) is 6.92 Å². The van der Waals surface area contributed by atoms with Crippen LogP contribution in [0.1, 0.15) is 18.9 Å². The van der Waals surface area contributed by atoms with Crippen molar-refractivity contribution < 1.29 is 9.90 Å². The molecular weight excluding hydrogens is 272 g/mol. The Labute approximate surface area is 125 Å². The van der Waals surface area contributed by atoms with Crippen LogP contribution in [-0.4, -0.2) is 41.7 Å². The van der Waals surface area contributed by atoms with E-state index in [0.717, 1.165) is 30.2 Å². The van der Waals surface area contributed by atoms with E-state index in [1.165, 1.54) is 5.56 Å². The molecule has 1 rings (SSSR count). The van der Waals surface area contributed by atoms with Crippen LogP contribution in [0.2, 0.25) is 0 Å². The third kappa shape index (κ3) is 6.93. The fourth-order valence-corrected chi connectivity index (χ4v) is 2.40. The molecule has 0 aliphatic heterocycles. The van der Waals surface area contributed by atoms with Crippen LogP contribution in [0.3, 0.4) is 0 Å². The quantitative estimate of drug-likeness (QED) is 0.610. The number of thioether (sulfide) groups is 1. The van der Waals surface area contributed by atoms with E-state index >= 15 is 0 Å². The molecule has 0 saturated heterocycles. The Bertz CT molecular complexity index is 395. The van der Waals surface area contributed by atoms with Crippen molar-refractivity contribution in [1.29, 1.82) is 0 Å². The summed E-state index contributed by atoms with van der Waals surface area (Å²) in [6.07, 6.45) is 0.828. The number of benzene rings is 1. The highest BCUT2D eigenvalue weighted by Crippen LogP contribution is 2.09. The first kappa shape index (κ1) is 17.0. The first-order chi connectivity index (χ1) is 9.63. The van der Waals surface area contributed by atoms with E-state index in [0.29, 0.717) is 0 Å². The zero-order chi connectivity index (χ0) is 14.8. The predicted octanol–water partition coefficient (Wildman–Crippen LogP) is 2.03. The van der Waals surface area contributed by atoms with Crippen molar-refractivity contribution in [2.75, 3.05) is 30.0 Å². The van der Waals surface area contributed by atoms with Crippen molar-refractivity contribution in [3.8, 4) is 0 Å². The van der Waals surface area contributed by atoms with Gasteiger partial charge in [0, 0.05) is 24.6 Å². The summed E-state index contributed by atoms with van der Waals surface area (Å²) in [5, 5.41) is 14.7. The molecule has 0 aromatic heterocycles. The molecule has 1 unspecified atom stereocenters. The average molecular weight is 296 g/mol. The van der Waals surface area contributed by atoms with Gasteiger partial charge in [-0.2, -0.15) is 11.8 Å². The average Bonchev–Trinajstić information content (AvgIpc) is 2.45. The molecule has 5 heteroatoms. The zero-order valence-electron chi connectivity index (χ0n) is 12.2. The van der Waals surface area contributed by atoms with Gasteiger partial charge in [-0.25, -0.2) is 0 Å². The normalized spacial score (nSPS) is 12.2. The molecular formula is C15H24N2O2S. The van der Waals surface area contributed by atoms with Gasteiger partial charge >= 0.3 is 0 Å². The van der Waals surface area contributed by atoms with Gasteiger partial charge in [-0.05, 0) is 38.2 Å². The van der Waals surface area contributed by atoms with Crippen molar-refractivity contribution >= 4 is 23.4 Å². The fourth-order valence-electron chi connectivity index (χ4n) is 1.60. The largest absolute Gasteiger partial charge is 0.396 e. The lowest BCUT2D eigenvalue weighted by Crippen LogP contribution is -2.39. The van der Waals surface area contributed by atoms with E-state index in [4.69, 9.17) is 5.11 Å². The number of anilines is 1. The van der Waals surface area contributed by atoms with Crippen molar-refractivity contribution in [2.24, 2.45) is 0 Å². The fraction of sp³-hybridized carbons (Fsp3) is 0.533. The maximum absolute atomic E-state index is 12.0. The maximum Gasteiger partial charge on any atom is 0.241 e. The molecule has 0 aliphatic rings. The van der Waals surface area contributed by atoms with Gasteiger partial charge in [-0.1, -0.05) is 17.7 Å². The highest BCUT2D eigenvalue weighted by atomic mass is 32.2. The lowest BCUT2D eigenvalue weighted by atomic mass is 10.2. The number of aryl methyl sites for hydroxylation is 1. The van der Waals surface area contributed by atoms with Gasteiger partial charge in [0.2, 0.25) is 5.91 Å². The number of carbonyl (C=O) groups excluding carboxylic acids is 1. The molecule has 20 heavy (non-hydrogen) atoms. The highest BCUT2D eigenvalue weighted by molar-refractivity contribution is 7.99.